The zero-order valence-electron chi connectivity index (χ0n) is 17.2. The van der Waals surface area contributed by atoms with Crippen LogP contribution < -0.4 is 10.1 Å². The Hall–Kier alpha value is -3.60. The van der Waals surface area contributed by atoms with E-state index in [9.17, 15) is 9.59 Å². The standard InChI is InChI=1S/C26H25NO4/c28-24(29)14-13-18-9-11-19(12-10-18)15-16-27-26(30)25-21-6-2-1-5-20(21)17-31-23-8-4-3-7-22(23)25/h1-12,25H,13-17H2,(H,27,30)(H,28,29). The molecule has 1 unspecified atom stereocenters. The summed E-state index contributed by atoms with van der Waals surface area (Å²) >= 11 is 0. The van der Waals surface area contributed by atoms with Gasteiger partial charge in [0.15, 0.2) is 0 Å². The average molecular weight is 415 g/mol. The van der Waals surface area contributed by atoms with Crippen LogP contribution in [0.4, 0.5) is 0 Å². The van der Waals surface area contributed by atoms with E-state index in [-0.39, 0.29) is 12.3 Å². The van der Waals surface area contributed by atoms with Crippen molar-refractivity contribution in [3.05, 3.63) is 101 Å². The Morgan fingerprint density at radius 1 is 0.871 bits per heavy atom. The van der Waals surface area contributed by atoms with E-state index in [2.05, 4.69) is 5.32 Å². The van der Waals surface area contributed by atoms with Crippen molar-refractivity contribution in [1.29, 1.82) is 0 Å². The summed E-state index contributed by atoms with van der Waals surface area (Å²) in [5.74, 6) is -0.494. The molecule has 1 heterocycles. The number of hydrogen-bond donors (Lipinski definition) is 2. The van der Waals surface area contributed by atoms with Gasteiger partial charge in [-0.2, -0.15) is 0 Å². The molecule has 1 aliphatic rings. The summed E-state index contributed by atoms with van der Waals surface area (Å²) < 4.78 is 5.96. The fourth-order valence-electron chi connectivity index (χ4n) is 3.96. The molecule has 31 heavy (non-hydrogen) atoms. The highest BCUT2D eigenvalue weighted by atomic mass is 16.5. The van der Waals surface area contributed by atoms with Crippen LogP contribution in [0, 0.1) is 0 Å². The van der Waals surface area contributed by atoms with Crippen LogP contribution in [0.3, 0.4) is 0 Å². The molecule has 1 aliphatic heterocycles. The second-order valence-electron chi connectivity index (χ2n) is 7.71. The molecule has 0 saturated carbocycles. The highest BCUT2D eigenvalue weighted by Gasteiger charge is 2.29. The van der Waals surface area contributed by atoms with Crippen molar-refractivity contribution in [1.82, 2.24) is 5.32 Å². The summed E-state index contributed by atoms with van der Waals surface area (Å²) in [6, 6.07) is 23.5. The van der Waals surface area contributed by atoms with Crippen LogP contribution in [-0.4, -0.2) is 23.5 Å². The monoisotopic (exact) mass is 415 g/mol. The van der Waals surface area contributed by atoms with Crippen molar-refractivity contribution in [2.45, 2.75) is 31.8 Å². The van der Waals surface area contributed by atoms with Gasteiger partial charge in [0, 0.05) is 18.5 Å². The van der Waals surface area contributed by atoms with E-state index >= 15 is 0 Å². The molecular weight excluding hydrogens is 390 g/mol. The molecule has 1 atom stereocenters. The van der Waals surface area contributed by atoms with Gasteiger partial charge in [0.05, 0.1) is 5.92 Å². The highest BCUT2D eigenvalue weighted by Crippen LogP contribution is 2.37. The molecule has 3 aromatic rings. The molecule has 158 valence electrons. The highest BCUT2D eigenvalue weighted by molar-refractivity contribution is 5.88. The number of rotatable bonds is 7. The molecule has 0 spiro atoms. The average Bonchev–Trinajstić information content (AvgIpc) is 2.95. The van der Waals surface area contributed by atoms with Crippen LogP contribution in [0.2, 0.25) is 0 Å². The van der Waals surface area contributed by atoms with E-state index in [1.807, 2.05) is 72.8 Å². The largest absolute Gasteiger partial charge is 0.489 e. The van der Waals surface area contributed by atoms with Crippen molar-refractivity contribution >= 4 is 11.9 Å². The second-order valence-corrected chi connectivity index (χ2v) is 7.71. The lowest BCUT2D eigenvalue weighted by molar-refractivity contribution is -0.137. The number of nitrogens with one attached hydrogen (secondary N) is 1. The summed E-state index contributed by atoms with van der Waals surface area (Å²) in [6.07, 6.45) is 1.36. The Morgan fingerprint density at radius 2 is 1.52 bits per heavy atom. The number of benzene rings is 3. The number of amides is 1. The SMILES string of the molecule is O=C(O)CCc1ccc(CCNC(=O)C2c3ccccc3COc3ccccc32)cc1. The van der Waals surface area contributed by atoms with Gasteiger partial charge in [-0.1, -0.05) is 66.7 Å². The Morgan fingerprint density at radius 3 is 2.26 bits per heavy atom. The van der Waals surface area contributed by atoms with Gasteiger partial charge < -0.3 is 15.2 Å². The Labute approximate surface area is 181 Å². The first kappa shape index (κ1) is 20.7. The first-order valence-corrected chi connectivity index (χ1v) is 10.5. The third-order valence-electron chi connectivity index (χ3n) is 5.60. The molecule has 3 aromatic carbocycles. The van der Waals surface area contributed by atoms with Gasteiger partial charge in [0.2, 0.25) is 5.91 Å². The van der Waals surface area contributed by atoms with E-state index in [0.717, 1.165) is 33.6 Å². The van der Waals surface area contributed by atoms with Gasteiger partial charge in [0.1, 0.15) is 12.4 Å². The van der Waals surface area contributed by atoms with Crippen molar-refractivity contribution in [2.24, 2.45) is 0 Å². The van der Waals surface area contributed by atoms with Gasteiger partial charge >= 0.3 is 5.97 Å². The number of aliphatic carboxylic acids is 1. The molecule has 0 bridgehead atoms. The molecule has 0 aromatic heterocycles. The van der Waals surface area contributed by atoms with Crippen LogP contribution >= 0.6 is 0 Å². The minimum atomic E-state index is -0.793. The Bertz CT molecular complexity index is 1030. The zero-order valence-corrected chi connectivity index (χ0v) is 17.2. The zero-order chi connectivity index (χ0) is 21.6. The number of fused-ring (bicyclic) bond motifs is 2. The molecule has 5 nitrogen and oxygen atoms in total. The van der Waals surface area contributed by atoms with Crippen LogP contribution in [0.1, 0.15) is 40.2 Å². The Kier molecular flexibility index (Phi) is 6.32. The van der Waals surface area contributed by atoms with E-state index in [1.165, 1.54) is 0 Å². The van der Waals surface area contributed by atoms with Crippen LogP contribution in [0.5, 0.6) is 5.75 Å². The number of para-hydroxylation sites is 1. The first-order chi connectivity index (χ1) is 15.1. The van der Waals surface area contributed by atoms with Crippen molar-refractivity contribution < 1.29 is 19.4 Å². The fourth-order valence-corrected chi connectivity index (χ4v) is 3.96. The maximum atomic E-state index is 13.2. The van der Waals surface area contributed by atoms with Crippen LogP contribution in [0.25, 0.3) is 0 Å². The Balaban J connectivity index is 1.44. The topological polar surface area (TPSA) is 75.6 Å². The third-order valence-corrected chi connectivity index (χ3v) is 5.60. The predicted octanol–water partition coefficient (Wildman–Crippen LogP) is 4.09. The number of carboxylic acids is 1. The van der Waals surface area contributed by atoms with Crippen molar-refractivity contribution in [3.8, 4) is 5.75 Å². The minimum absolute atomic E-state index is 0.0384. The lowest BCUT2D eigenvalue weighted by atomic mass is 9.87. The third kappa shape index (κ3) is 4.94. The number of carbonyl (C=O) groups is 2. The van der Waals surface area contributed by atoms with Gasteiger partial charge in [-0.15, -0.1) is 0 Å². The molecule has 5 heteroatoms. The summed E-state index contributed by atoms with van der Waals surface area (Å²) in [7, 11) is 0. The smallest absolute Gasteiger partial charge is 0.303 e. The van der Waals surface area contributed by atoms with E-state index in [4.69, 9.17) is 9.84 Å². The van der Waals surface area contributed by atoms with E-state index in [0.29, 0.717) is 26.0 Å². The minimum Gasteiger partial charge on any atom is -0.489 e. The molecule has 1 amide bonds. The predicted molar refractivity (Wildman–Crippen MR) is 118 cm³/mol. The number of aryl methyl sites for hydroxylation is 1. The lowest BCUT2D eigenvalue weighted by Crippen LogP contribution is -2.31. The molecule has 4 rings (SSSR count). The molecule has 0 aliphatic carbocycles. The number of carboxylic acid groups (broad SMARTS) is 1. The first-order valence-electron chi connectivity index (χ1n) is 10.5. The van der Waals surface area contributed by atoms with Gasteiger partial charge in [-0.3, -0.25) is 9.59 Å². The maximum Gasteiger partial charge on any atom is 0.303 e. The summed E-state index contributed by atoms with van der Waals surface area (Å²) in [4.78, 5) is 24.0. The molecule has 0 radical (unpaired) electrons. The second kappa shape index (κ2) is 9.47. The normalized spacial score (nSPS) is 14.5. The van der Waals surface area contributed by atoms with Crippen LogP contribution in [0.15, 0.2) is 72.8 Å². The summed E-state index contributed by atoms with van der Waals surface area (Å²) in [5.41, 5.74) is 4.99. The quantitative estimate of drug-likeness (QED) is 0.610. The van der Waals surface area contributed by atoms with Crippen molar-refractivity contribution in [3.63, 3.8) is 0 Å². The van der Waals surface area contributed by atoms with Gasteiger partial charge in [-0.05, 0) is 41.2 Å². The lowest BCUT2D eigenvalue weighted by Gasteiger charge is -2.18. The molecular formula is C26H25NO4. The van der Waals surface area contributed by atoms with Crippen molar-refractivity contribution in [2.75, 3.05) is 6.54 Å². The number of ether oxygens (including phenoxy) is 1. The summed E-state index contributed by atoms with van der Waals surface area (Å²) in [6.45, 7) is 0.972. The van der Waals surface area contributed by atoms with Gasteiger partial charge in [0.25, 0.3) is 0 Å². The molecule has 0 fully saturated rings. The van der Waals surface area contributed by atoms with E-state index in [1.54, 1.807) is 0 Å². The molecule has 0 saturated heterocycles. The number of hydrogen-bond acceptors (Lipinski definition) is 3. The maximum absolute atomic E-state index is 13.2. The number of carbonyl (C=O) groups excluding carboxylic acids is 1. The van der Waals surface area contributed by atoms with Crippen LogP contribution in [-0.2, 0) is 29.0 Å². The van der Waals surface area contributed by atoms with E-state index < -0.39 is 11.9 Å². The van der Waals surface area contributed by atoms with Gasteiger partial charge in [-0.25, -0.2) is 0 Å². The fraction of sp³-hybridized carbons (Fsp3) is 0.231. The summed E-state index contributed by atoms with van der Waals surface area (Å²) in [5, 5.41) is 11.9. The molecule has 2 N–H and O–H groups in total.